The number of phenolic OH excluding ortho intramolecular Hbond substituents is 1. The SMILES string of the molecule is Cc1c[nH]c2nc(-c3ccc(O)cc3)c3c(=O)n(CCCN(C)C)c4ccccc4c3c12. The molecule has 0 amide bonds. The van der Waals surface area contributed by atoms with Crippen molar-refractivity contribution in [3.8, 4) is 17.0 Å². The lowest BCUT2D eigenvalue weighted by molar-refractivity contribution is 0.387. The first kappa shape index (κ1) is 20.3. The second-order valence-electron chi connectivity index (χ2n) is 8.58. The molecular weight excluding hydrogens is 400 g/mol. The molecule has 0 unspecified atom stereocenters. The van der Waals surface area contributed by atoms with Crippen LogP contribution < -0.4 is 5.56 Å². The molecule has 0 aliphatic carbocycles. The lowest BCUT2D eigenvalue weighted by atomic mass is 9.98. The van der Waals surface area contributed by atoms with E-state index in [1.54, 1.807) is 12.1 Å². The van der Waals surface area contributed by atoms with E-state index >= 15 is 0 Å². The van der Waals surface area contributed by atoms with Gasteiger partial charge in [0.25, 0.3) is 5.56 Å². The molecule has 0 saturated carbocycles. The fraction of sp³-hybridized carbons (Fsp3) is 0.231. The van der Waals surface area contributed by atoms with Crippen LogP contribution in [-0.4, -0.2) is 45.2 Å². The van der Waals surface area contributed by atoms with E-state index in [1.807, 2.05) is 62.1 Å². The molecule has 2 N–H and O–H groups in total. The van der Waals surface area contributed by atoms with Crippen LogP contribution in [0.25, 0.3) is 44.0 Å². The zero-order valence-electron chi connectivity index (χ0n) is 18.5. The van der Waals surface area contributed by atoms with E-state index in [0.717, 1.165) is 51.4 Å². The van der Waals surface area contributed by atoms with Gasteiger partial charge in [0.1, 0.15) is 11.4 Å². The van der Waals surface area contributed by atoms with Gasteiger partial charge in [-0.25, -0.2) is 4.98 Å². The van der Waals surface area contributed by atoms with Crippen LogP contribution in [0.4, 0.5) is 0 Å². The van der Waals surface area contributed by atoms with E-state index in [0.29, 0.717) is 17.6 Å². The molecule has 162 valence electrons. The standard InChI is InChI=1S/C26H26N4O2/c1-16-15-27-25-21(16)22-19-7-4-5-8-20(19)30(14-6-13-29(2)3)26(32)23(22)24(28-25)17-9-11-18(31)12-10-17/h4-5,7-12,15,31H,6,13-14H2,1-3H3,(H,27,28). The van der Waals surface area contributed by atoms with Crippen LogP contribution in [0.2, 0.25) is 0 Å². The average Bonchev–Trinajstić information content (AvgIpc) is 3.16. The first-order valence-electron chi connectivity index (χ1n) is 10.8. The molecule has 32 heavy (non-hydrogen) atoms. The fourth-order valence-corrected chi connectivity index (χ4v) is 4.56. The number of hydrogen-bond acceptors (Lipinski definition) is 4. The Morgan fingerprint density at radius 1 is 1.03 bits per heavy atom. The third-order valence-electron chi connectivity index (χ3n) is 6.07. The number of para-hydroxylation sites is 1. The van der Waals surface area contributed by atoms with E-state index in [1.165, 1.54) is 0 Å². The lowest BCUT2D eigenvalue weighted by Gasteiger charge is -2.17. The van der Waals surface area contributed by atoms with Gasteiger partial charge in [-0.2, -0.15) is 0 Å². The topological polar surface area (TPSA) is 74.1 Å². The number of benzene rings is 2. The largest absolute Gasteiger partial charge is 0.508 e. The molecule has 0 saturated heterocycles. The van der Waals surface area contributed by atoms with Crippen molar-refractivity contribution in [3.63, 3.8) is 0 Å². The van der Waals surface area contributed by atoms with E-state index in [2.05, 4.69) is 16.0 Å². The van der Waals surface area contributed by atoms with Crippen molar-refractivity contribution in [1.29, 1.82) is 0 Å². The van der Waals surface area contributed by atoms with Gasteiger partial charge in [-0.15, -0.1) is 0 Å². The zero-order valence-corrected chi connectivity index (χ0v) is 18.5. The quantitative estimate of drug-likeness (QED) is 0.401. The minimum absolute atomic E-state index is 0.0319. The van der Waals surface area contributed by atoms with Crippen LogP contribution in [-0.2, 0) is 6.54 Å². The molecule has 0 bridgehead atoms. The Morgan fingerprint density at radius 2 is 1.78 bits per heavy atom. The van der Waals surface area contributed by atoms with Gasteiger partial charge < -0.3 is 19.6 Å². The lowest BCUT2D eigenvalue weighted by Crippen LogP contribution is -2.24. The second-order valence-corrected chi connectivity index (χ2v) is 8.58. The molecule has 0 aliphatic rings. The van der Waals surface area contributed by atoms with Crippen molar-refractivity contribution >= 4 is 32.7 Å². The molecule has 0 radical (unpaired) electrons. The zero-order chi connectivity index (χ0) is 22.4. The van der Waals surface area contributed by atoms with Crippen LogP contribution in [0.5, 0.6) is 5.75 Å². The Morgan fingerprint density at radius 3 is 2.53 bits per heavy atom. The number of H-pyrrole nitrogens is 1. The van der Waals surface area contributed by atoms with Gasteiger partial charge in [0.05, 0.1) is 16.6 Å². The summed E-state index contributed by atoms with van der Waals surface area (Å²) in [5.41, 5.74) is 4.15. The van der Waals surface area contributed by atoms with Crippen molar-refractivity contribution < 1.29 is 5.11 Å². The average molecular weight is 427 g/mol. The molecule has 3 heterocycles. The number of phenols is 1. The van der Waals surface area contributed by atoms with Gasteiger partial charge in [0, 0.05) is 34.5 Å². The summed E-state index contributed by atoms with van der Waals surface area (Å²) >= 11 is 0. The maximum atomic E-state index is 14.0. The summed E-state index contributed by atoms with van der Waals surface area (Å²) in [6.45, 7) is 3.57. The Bertz CT molecular complexity index is 1510. The number of hydrogen-bond donors (Lipinski definition) is 2. The third kappa shape index (κ3) is 3.24. The number of aryl methyl sites for hydroxylation is 2. The van der Waals surface area contributed by atoms with Crippen LogP contribution in [0.15, 0.2) is 59.5 Å². The molecule has 5 aromatic rings. The summed E-state index contributed by atoms with van der Waals surface area (Å²) in [6, 6.07) is 15.0. The number of fused-ring (bicyclic) bond motifs is 5. The predicted octanol–water partition coefficient (Wildman–Crippen LogP) is 4.66. The van der Waals surface area contributed by atoms with E-state index in [4.69, 9.17) is 4.98 Å². The molecular formula is C26H26N4O2. The van der Waals surface area contributed by atoms with Crippen molar-refractivity contribution in [1.82, 2.24) is 19.4 Å². The van der Waals surface area contributed by atoms with Gasteiger partial charge in [-0.05, 0) is 69.9 Å². The monoisotopic (exact) mass is 426 g/mol. The predicted molar refractivity (Wildman–Crippen MR) is 130 cm³/mol. The van der Waals surface area contributed by atoms with Crippen LogP contribution in [0.1, 0.15) is 12.0 Å². The molecule has 0 atom stereocenters. The second kappa shape index (κ2) is 7.80. The van der Waals surface area contributed by atoms with E-state index in [9.17, 15) is 9.90 Å². The number of pyridine rings is 2. The Balaban J connectivity index is 1.93. The molecule has 0 spiro atoms. The number of aromatic amines is 1. The fourth-order valence-electron chi connectivity index (χ4n) is 4.56. The summed E-state index contributed by atoms with van der Waals surface area (Å²) in [5.74, 6) is 0.182. The summed E-state index contributed by atoms with van der Waals surface area (Å²) in [4.78, 5) is 24.3. The van der Waals surface area contributed by atoms with Gasteiger partial charge in [0.2, 0.25) is 0 Å². The number of nitrogens with one attached hydrogen (secondary N) is 1. The molecule has 0 aliphatic heterocycles. The van der Waals surface area contributed by atoms with Crippen molar-refractivity contribution in [2.75, 3.05) is 20.6 Å². The van der Waals surface area contributed by atoms with E-state index < -0.39 is 0 Å². The third-order valence-corrected chi connectivity index (χ3v) is 6.07. The minimum Gasteiger partial charge on any atom is -0.508 e. The highest BCUT2D eigenvalue weighted by Gasteiger charge is 2.20. The normalized spacial score (nSPS) is 11.9. The van der Waals surface area contributed by atoms with Crippen molar-refractivity contribution in [2.45, 2.75) is 19.9 Å². The van der Waals surface area contributed by atoms with Crippen molar-refractivity contribution in [2.24, 2.45) is 0 Å². The van der Waals surface area contributed by atoms with Crippen LogP contribution >= 0.6 is 0 Å². The molecule has 6 heteroatoms. The summed E-state index contributed by atoms with van der Waals surface area (Å²) in [6.07, 6.45) is 2.81. The molecule has 3 aromatic heterocycles. The molecule has 5 rings (SSSR count). The summed E-state index contributed by atoms with van der Waals surface area (Å²) < 4.78 is 1.89. The highest BCUT2D eigenvalue weighted by molar-refractivity contribution is 6.21. The van der Waals surface area contributed by atoms with Gasteiger partial charge in [0.15, 0.2) is 0 Å². The van der Waals surface area contributed by atoms with Gasteiger partial charge in [-0.1, -0.05) is 18.2 Å². The summed E-state index contributed by atoms with van der Waals surface area (Å²) in [7, 11) is 4.08. The number of aromatic hydroxyl groups is 1. The highest BCUT2D eigenvalue weighted by Crippen LogP contribution is 2.36. The Kier molecular flexibility index (Phi) is 4.94. The maximum absolute atomic E-state index is 14.0. The highest BCUT2D eigenvalue weighted by atomic mass is 16.3. The van der Waals surface area contributed by atoms with Crippen LogP contribution in [0.3, 0.4) is 0 Å². The minimum atomic E-state index is -0.0319. The number of rotatable bonds is 5. The molecule has 0 fully saturated rings. The Hall–Kier alpha value is -3.64. The van der Waals surface area contributed by atoms with Crippen molar-refractivity contribution in [3.05, 3.63) is 70.6 Å². The first-order valence-corrected chi connectivity index (χ1v) is 10.8. The number of nitrogens with zero attached hydrogens (tertiary/aromatic N) is 3. The molecule has 6 nitrogen and oxygen atoms in total. The maximum Gasteiger partial charge on any atom is 0.261 e. The Labute approximate surface area is 185 Å². The van der Waals surface area contributed by atoms with Gasteiger partial charge >= 0.3 is 0 Å². The smallest absolute Gasteiger partial charge is 0.261 e. The van der Waals surface area contributed by atoms with E-state index in [-0.39, 0.29) is 11.3 Å². The summed E-state index contributed by atoms with van der Waals surface area (Å²) in [5, 5.41) is 13.4. The number of aromatic nitrogens is 3. The van der Waals surface area contributed by atoms with Crippen LogP contribution in [0, 0.1) is 6.92 Å². The first-order chi connectivity index (χ1) is 15.5. The molecule has 2 aromatic carbocycles. The van der Waals surface area contributed by atoms with Gasteiger partial charge in [-0.3, -0.25) is 4.79 Å².